The molecule has 0 aromatic heterocycles. The maximum Gasteiger partial charge on any atom is 0.231 e. The number of primary amides is 1. The molecule has 1 aliphatic heterocycles. The van der Waals surface area contributed by atoms with Crippen molar-refractivity contribution in [1.29, 1.82) is 0 Å². The zero-order chi connectivity index (χ0) is 10.6. The van der Waals surface area contributed by atoms with Gasteiger partial charge < -0.3 is 11.1 Å². The van der Waals surface area contributed by atoms with Crippen molar-refractivity contribution >= 4 is 5.91 Å². The molecule has 4 heteroatoms. The Morgan fingerprint density at radius 2 is 2.36 bits per heavy atom. The quantitative estimate of drug-likeness (QED) is 0.666. The lowest BCUT2D eigenvalue weighted by atomic mass is 10.0. The van der Waals surface area contributed by atoms with Gasteiger partial charge in [-0.3, -0.25) is 9.69 Å². The molecule has 1 rings (SSSR count). The van der Waals surface area contributed by atoms with Crippen LogP contribution in [0.3, 0.4) is 0 Å². The molecular formula is C10H21N3O. The van der Waals surface area contributed by atoms with Crippen molar-refractivity contribution in [3.8, 4) is 0 Å². The van der Waals surface area contributed by atoms with Crippen LogP contribution in [0.4, 0.5) is 0 Å². The summed E-state index contributed by atoms with van der Waals surface area (Å²) in [4.78, 5) is 13.1. The van der Waals surface area contributed by atoms with Gasteiger partial charge in [0.25, 0.3) is 0 Å². The SMILES string of the molecule is CC(C)N(CC(N)=O)C1CCCNC1. The molecule has 0 bridgehead atoms. The Labute approximate surface area is 85.8 Å². The van der Waals surface area contributed by atoms with E-state index in [0.29, 0.717) is 18.6 Å². The van der Waals surface area contributed by atoms with Crippen molar-refractivity contribution in [2.75, 3.05) is 19.6 Å². The van der Waals surface area contributed by atoms with E-state index in [1.807, 2.05) is 0 Å². The summed E-state index contributed by atoms with van der Waals surface area (Å²) < 4.78 is 0. The maximum absolute atomic E-state index is 10.9. The first kappa shape index (κ1) is 11.5. The second-order valence-corrected chi connectivity index (χ2v) is 4.23. The summed E-state index contributed by atoms with van der Waals surface area (Å²) in [5.74, 6) is -0.232. The lowest BCUT2D eigenvalue weighted by Crippen LogP contribution is -2.51. The molecule has 1 heterocycles. The summed E-state index contributed by atoms with van der Waals surface area (Å²) in [6.45, 7) is 6.67. The lowest BCUT2D eigenvalue weighted by Gasteiger charge is -2.36. The number of carbonyl (C=O) groups is 1. The zero-order valence-electron chi connectivity index (χ0n) is 9.12. The average Bonchev–Trinajstić information content (AvgIpc) is 2.15. The molecule has 1 unspecified atom stereocenters. The van der Waals surface area contributed by atoms with E-state index in [1.54, 1.807) is 0 Å². The molecule has 0 radical (unpaired) electrons. The van der Waals surface area contributed by atoms with Gasteiger partial charge in [0.05, 0.1) is 6.54 Å². The minimum Gasteiger partial charge on any atom is -0.369 e. The highest BCUT2D eigenvalue weighted by atomic mass is 16.1. The first-order valence-corrected chi connectivity index (χ1v) is 5.36. The highest BCUT2D eigenvalue weighted by Crippen LogP contribution is 2.12. The fourth-order valence-corrected chi connectivity index (χ4v) is 2.03. The predicted octanol–water partition coefficient (Wildman–Crippen LogP) is -0.0659. The second-order valence-electron chi connectivity index (χ2n) is 4.23. The van der Waals surface area contributed by atoms with Crippen molar-refractivity contribution in [1.82, 2.24) is 10.2 Å². The number of rotatable bonds is 4. The smallest absolute Gasteiger partial charge is 0.231 e. The van der Waals surface area contributed by atoms with Gasteiger partial charge in [0.15, 0.2) is 0 Å². The molecule has 0 aromatic rings. The number of hydrogen-bond donors (Lipinski definition) is 2. The van der Waals surface area contributed by atoms with Crippen molar-refractivity contribution in [3.63, 3.8) is 0 Å². The van der Waals surface area contributed by atoms with Crippen molar-refractivity contribution in [3.05, 3.63) is 0 Å². The zero-order valence-corrected chi connectivity index (χ0v) is 9.12. The maximum atomic E-state index is 10.9. The van der Waals surface area contributed by atoms with E-state index >= 15 is 0 Å². The molecule has 0 aliphatic carbocycles. The fraction of sp³-hybridized carbons (Fsp3) is 0.900. The molecule has 1 fully saturated rings. The van der Waals surface area contributed by atoms with Crippen LogP contribution in [-0.2, 0) is 4.79 Å². The first-order valence-electron chi connectivity index (χ1n) is 5.36. The molecule has 14 heavy (non-hydrogen) atoms. The van der Waals surface area contributed by atoms with E-state index in [9.17, 15) is 4.79 Å². The Morgan fingerprint density at radius 3 is 2.79 bits per heavy atom. The Morgan fingerprint density at radius 1 is 1.64 bits per heavy atom. The van der Waals surface area contributed by atoms with Gasteiger partial charge in [0.2, 0.25) is 5.91 Å². The van der Waals surface area contributed by atoms with Crippen LogP contribution in [0.15, 0.2) is 0 Å². The molecule has 0 spiro atoms. The number of amides is 1. The van der Waals surface area contributed by atoms with E-state index < -0.39 is 0 Å². The molecular weight excluding hydrogens is 178 g/mol. The van der Waals surface area contributed by atoms with Crippen molar-refractivity contribution in [2.24, 2.45) is 5.73 Å². The minimum absolute atomic E-state index is 0.232. The van der Waals surface area contributed by atoms with Gasteiger partial charge in [0, 0.05) is 18.6 Å². The van der Waals surface area contributed by atoms with Crippen LogP contribution in [0.2, 0.25) is 0 Å². The van der Waals surface area contributed by atoms with Gasteiger partial charge in [-0.25, -0.2) is 0 Å². The fourth-order valence-electron chi connectivity index (χ4n) is 2.03. The van der Waals surface area contributed by atoms with Crippen LogP contribution in [0, 0.1) is 0 Å². The summed E-state index contributed by atoms with van der Waals surface area (Å²) in [5.41, 5.74) is 5.24. The van der Waals surface area contributed by atoms with Gasteiger partial charge >= 0.3 is 0 Å². The van der Waals surface area contributed by atoms with E-state index in [4.69, 9.17) is 5.73 Å². The standard InChI is InChI=1S/C10H21N3O/c1-8(2)13(7-10(11)14)9-4-3-5-12-6-9/h8-9,12H,3-7H2,1-2H3,(H2,11,14). The van der Waals surface area contributed by atoms with E-state index in [1.165, 1.54) is 12.8 Å². The summed E-state index contributed by atoms with van der Waals surface area (Å²) >= 11 is 0. The second kappa shape index (κ2) is 5.32. The molecule has 1 aliphatic rings. The molecule has 1 amide bonds. The Balaban J connectivity index is 2.51. The van der Waals surface area contributed by atoms with E-state index in [2.05, 4.69) is 24.1 Å². The normalized spacial score (nSPS) is 23.0. The van der Waals surface area contributed by atoms with Gasteiger partial charge in [0.1, 0.15) is 0 Å². The minimum atomic E-state index is -0.232. The molecule has 3 N–H and O–H groups in total. The van der Waals surface area contributed by atoms with Crippen LogP contribution in [0.1, 0.15) is 26.7 Å². The van der Waals surface area contributed by atoms with Crippen LogP contribution in [-0.4, -0.2) is 42.5 Å². The molecule has 4 nitrogen and oxygen atoms in total. The average molecular weight is 199 g/mol. The molecule has 1 saturated heterocycles. The summed E-state index contributed by atoms with van der Waals surface area (Å²) in [6, 6.07) is 0.851. The number of carbonyl (C=O) groups excluding carboxylic acids is 1. The largest absolute Gasteiger partial charge is 0.369 e. The van der Waals surface area contributed by atoms with Crippen LogP contribution in [0.5, 0.6) is 0 Å². The number of hydrogen-bond acceptors (Lipinski definition) is 3. The summed E-state index contributed by atoms with van der Waals surface area (Å²) in [5, 5.41) is 3.35. The number of piperidine rings is 1. The number of nitrogens with two attached hydrogens (primary N) is 1. The van der Waals surface area contributed by atoms with E-state index in [0.717, 1.165) is 13.1 Å². The van der Waals surface area contributed by atoms with Gasteiger partial charge in [-0.05, 0) is 33.2 Å². The van der Waals surface area contributed by atoms with Gasteiger partial charge in [-0.15, -0.1) is 0 Å². The van der Waals surface area contributed by atoms with Crippen LogP contribution >= 0.6 is 0 Å². The third-order valence-corrected chi connectivity index (χ3v) is 2.74. The predicted molar refractivity (Wildman–Crippen MR) is 56.9 cm³/mol. The molecule has 1 atom stereocenters. The molecule has 0 saturated carbocycles. The van der Waals surface area contributed by atoms with Crippen LogP contribution < -0.4 is 11.1 Å². The van der Waals surface area contributed by atoms with Crippen LogP contribution in [0.25, 0.3) is 0 Å². The van der Waals surface area contributed by atoms with E-state index in [-0.39, 0.29) is 5.91 Å². The number of nitrogens with zero attached hydrogens (tertiary/aromatic N) is 1. The first-order chi connectivity index (χ1) is 6.61. The third kappa shape index (κ3) is 3.27. The molecule has 0 aromatic carbocycles. The third-order valence-electron chi connectivity index (χ3n) is 2.74. The Kier molecular flexibility index (Phi) is 4.35. The van der Waals surface area contributed by atoms with Gasteiger partial charge in [-0.2, -0.15) is 0 Å². The lowest BCUT2D eigenvalue weighted by molar-refractivity contribution is -0.120. The number of nitrogens with one attached hydrogen (secondary N) is 1. The monoisotopic (exact) mass is 199 g/mol. The topological polar surface area (TPSA) is 58.4 Å². The molecule has 82 valence electrons. The van der Waals surface area contributed by atoms with Gasteiger partial charge in [-0.1, -0.05) is 0 Å². The highest BCUT2D eigenvalue weighted by molar-refractivity contribution is 5.76. The van der Waals surface area contributed by atoms with Crippen molar-refractivity contribution < 1.29 is 4.79 Å². The highest BCUT2D eigenvalue weighted by Gasteiger charge is 2.23. The Bertz CT molecular complexity index is 188. The summed E-state index contributed by atoms with van der Waals surface area (Å²) in [6.07, 6.45) is 2.35. The summed E-state index contributed by atoms with van der Waals surface area (Å²) in [7, 11) is 0. The van der Waals surface area contributed by atoms with Crippen molar-refractivity contribution in [2.45, 2.75) is 38.8 Å². The Hall–Kier alpha value is -0.610.